The number of carbonyl (C=O) groups excluding carboxylic acids is 2. The molecule has 0 spiro atoms. The van der Waals surface area contributed by atoms with Crippen molar-refractivity contribution in [2.45, 2.75) is 18.7 Å². The predicted octanol–water partition coefficient (Wildman–Crippen LogP) is 1.88. The first-order chi connectivity index (χ1) is 13.6. The number of urea groups is 1. The lowest BCUT2D eigenvalue weighted by atomic mass is 10.2. The van der Waals surface area contributed by atoms with E-state index in [1.54, 1.807) is 44.2 Å². The van der Waals surface area contributed by atoms with Gasteiger partial charge in [0.2, 0.25) is 5.95 Å². The number of nitrogens with one attached hydrogen (secondary N) is 2. The van der Waals surface area contributed by atoms with Crippen molar-refractivity contribution in [3.8, 4) is 0 Å². The summed E-state index contributed by atoms with van der Waals surface area (Å²) in [6, 6.07) is 7.19. The van der Waals surface area contributed by atoms with E-state index >= 15 is 0 Å². The highest BCUT2D eigenvalue weighted by molar-refractivity contribution is 7.90. The normalized spacial score (nSPS) is 11.3. The molecule has 152 valence electrons. The maximum atomic E-state index is 13.0. The summed E-state index contributed by atoms with van der Waals surface area (Å²) >= 11 is 0. The summed E-state index contributed by atoms with van der Waals surface area (Å²) in [7, 11) is -1.75. The van der Waals surface area contributed by atoms with Crippen molar-refractivity contribution in [3.05, 3.63) is 47.4 Å². The van der Waals surface area contributed by atoms with Crippen LogP contribution in [0.25, 0.3) is 10.9 Å². The molecule has 0 saturated heterocycles. The number of hydrogen-bond acceptors (Lipinski definition) is 7. The lowest BCUT2D eigenvalue weighted by Gasteiger charge is -2.10. The minimum atomic E-state index is -4.43. The number of hydrogen-bond donors (Lipinski definition) is 2. The molecule has 0 aliphatic carbocycles. The summed E-state index contributed by atoms with van der Waals surface area (Å²) in [6.07, 6.45) is 0. The number of rotatable bonds is 4. The lowest BCUT2D eigenvalue weighted by Crippen LogP contribution is -2.35. The number of aromatic nitrogens is 3. The van der Waals surface area contributed by atoms with Gasteiger partial charge in [-0.2, -0.15) is 0 Å². The Morgan fingerprint density at radius 3 is 2.34 bits per heavy atom. The van der Waals surface area contributed by atoms with E-state index in [0.29, 0.717) is 16.9 Å². The average molecular weight is 417 g/mol. The smallest absolute Gasteiger partial charge is 0.356 e. The molecule has 3 aromatic rings. The molecule has 2 N–H and O–H groups in total. The van der Waals surface area contributed by atoms with Gasteiger partial charge in [-0.05, 0) is 26.0 Å². The van der Waals surface area contributed by atoms with Crippen LogP contribution in [0, 0.1) is 13.8 Å². The van der Waals surface area contributed by atoms with Crippen LogP contribution in [0.2, 0.25) is 0 Å². The molecular formula is C18H19N5O5S. The molecule has 2 aromatic heterocycles. The fraction of sp³-hybridized carbons (Fsp3) is 0.222. The van der Waals surface area contributed by atoms with Gasteiger partial charge in [-0.1, -0.05) is 18.2 Å². The second kappa shape index (κ2) is 7.51. The van der Waals surface area contributed by atoms with Gasteiger partial charge in [0.1, 0.15) is 10.6 Å². The van der Waals surface area contributed by atoms with Crippen LogP contribution in [0.1, 0.15) is 21.9 Å². The molecule has 0 bridgehead atoms. The minimum absolute atomic E-state index is 0.0405. The summed E-state index contributed by atoms with van der Waals surface area (Å²) in [5.41, 5.74) is 1.51. The Labute approximate surface area is 167 Å². The second-order valence-corrected chi connectivity index (χ2v) is 7.90. The summed E-state index contributed by atoms with van der Waals surface area (Å²) in [6.45, 7) is 3.43. The quantitative estimate of drug-likeness (QED) is 0.619. The van der Waals surface area contributed by atoms with Crippen molar-refractivity contribution in [1.82, 2.24) is 19.3 Å². The molecule has 0 aliphatic heterocycles. The maximum absolute atomic E-state index is 13.0. The summed E-state index contributed by atoms with van der Waals surface area (Å²) in [4.78, 5) is 32.3. The Balaban J connectivity index is 2.02. The summed E-state index contributed by atoms with van der Waals surface area (Å²) in [5, 5.41) is 2.57. The minimum Gasteiger partial charge on any atom is -0.464 e. The monoisotopic (exact) mass is 417 g/mol. The number of aryl methyl sites for hydroxylation is 3. The van der Waals surface area contributed by atoms with Crippen molar-refractivity contribution in [1.29, 1.82) is 0 Å². The number of carbonyl (C=O) groups is 2. The third-order valence-corrected chi connectivity index (χ3v) is 5.55. The molecule has 0 radical (unpaired) electrons. The Kier molecular flexibility index (Phi) is 5.25. The Morgan fingerprint density at radius 1 is 1.10 bits per heavy atom. The molecular weight excluding hydrogens is 398 g/mol. The van der Waals surface area contributed by atoms with E-state index in [9.17, 15) is 18.0 Å². The van der Waals surface area contributed by atoms with E-state index in [1.165, 1.54) is 11.6 Å². The number of para-hydroxylation sites is 1. The fourth-order valence-corrected chi connectivity index (χ4v) is 4.37. The highest BCUT2D eigenvalue weighted by Crippen LogP contribution is 2.29. The number of fused-ring (bicyclic) bond motifs is 1. The number of anilines is 1. The van der Waals surface area contributed by atoms with Crippen molar-refractivity contribution < 1.29 is 22.7 Å². The summed E-state index contributed by atoms with van der Waals surface area (Å²) in [5.74, 6) is -0.886. The van der Waals surface area contributed by atoms with Gasteiger partial charge in [0.25, 0.3) is 10.0 Å². The van der Waals surface area contributed by atoms with Gasteiger partial charge < -0.3 is 9.30 Å². The molecule has 10 nitrogen and oxygen atoms in total. The van der Waals surface area contributed by atoms with Crippen LogP contribution in [0.15, 0.2) is 35.2 Å². The summed E-state index contributed by atoms with van der Waals surface area (Å²) < 4.78 is 34.0. The number of amides is 2. The van der Waals surface area contributed by atoms with Gasteiger partial charge in [0.05, 0.1) is 7.11 Å². The SMILES string of the molecule is COC(=O)c1c(S(=O)(=O)NC(=O)Nc2nc(C)cc(C)n2)c2ccccc2n1C. The topological polar surface area (TPSA) is 132 Å². The van der Waals surface area contributed by atoms with Crippen molar-refractivity contribution >= 4 is 38.9 Å². The van der Waals surface area contributed by atoms with E-state index in [2.05, 4.69) is 15.3 Å². The highest BCUT2D eigenvalue weighted by Gasteiger charge is 2.32. The van der Waals surface area contributed by atoms with Gasteiger partial charge in [0.15, 0.2) is 0 Å². The van der Waals surface area contributed by atoms with Crippen LogP contribution in [-0.2, 0) is 21.8 Å². The number of sulfonamides is 1. The zero-order valence-corrected chi connectivity index (χ0v) is 17.0. The Morgan fingerprint density at radius 2 is 1.72 bits per heavy atom. The van der Waals surface area contributed by atoms with E-state index in [0.717, 1.165) is 7.11 Å². The van der Waals surface area contributed by atoms with Gasteiger partial charge in [-0.15, -0.1) is 0 Å². The molecule has 0 aliphatic rings. The average Bonchev–Trinajstić information content (AvgIpc) is 2.93. The van der Waals surface area contributed by atoms with Crippen molar-refractivity contribution in [3.63, 3.8) is 0 Å². The number of nitrogens with zero attached hydrogens (tertiary/aromatic N) is 3. The van der Waals surface area contributed by atoms with Gasteiger partial charge in [0, 0.05) is 29.3 Å². The lowest BCUT2D eigenvalue weighted by molar-refractivity contribution is 0.0585. The Bertz CT molecular complexity index is 1210. The number of ether oxygens (including phenoxy) is 1. The maximum Gasteiger partial charge on any atom is 0.356 e. The third-order valence-electron chi connectivity index (χ3n) is 4.14. The predicted molar refractivity (Wildman–Crippen MR) is 105 cm³/mol. The molecule has 0 atom stereocenters. The van der Waals surface area contributed by atoms with Crippen LogP contribution >= 0.6 is 0 Å². The van der Waals surface area contributed by atoms with E-state index < -0.39 is 22.0 Å². The van der Waals surface area contributed by atoms with E-state index in [1.807, 2.05) is 4.72 Å². The van der Waals surface area contributed by atoms with Crippen molar-refractivity contribution in [2.24, 2.45) is 7.05 Å². The molecule has 29 heavy (non-hydrogen) atoms. The molecule has 3 rings (SSSR count). The van der Waals surface area contributed by atoms with Crippen LogP contribution in [0.3, 0.4) is 0 Å². The first-order valence-corrected chi connectivity index (χ1v) is 9.94. The van der Waals surface area contributed by atoms with Crippen LogP contribution in [0.4, 0.5) is 10.7 Å². The zero-order chi connectivity index (χ0) is 21.3. The fourth-order valence-electron chi connectivity index (χ4n) is 3.04. The number of esters is 1. The largest absolute Gasteiger partial charge is 0.464 e. The Hall–Kier alpha value is -3.47. The van der Waals surface area contributed by atoms with E-state index in [-0.39, 0.29) is 21.9 Å². The molecule has 0 saturated carbocycles. The van der Waals surface area contributed by atoms with Crippen LogP contribution < -0.4 is 10.0 Å². The van der Waals surface area contributed by atoms with Crippen LogP contribution in [-0.4, -0.2) is 42.1 Å². The van der Waals surface area contributed by atoms with Gasteiger partial charge in [-0.25, -0.2) is 32.7 Å². The highest BCUT2D eigenvalue weighted by atomic mass is 32.2. The third kappa shape index (κ3) is 3.90. The standard InChI is InChI=1S/C18H19N5O5S/c1-10-9-11(2)20-17(19-10)21-18(25)22-29(26,27)15-12-7-5-6-8-13(12)23(3)14(15)16(24)28-4/h5-9H,1-4H3,(H2,19,20,21,22,25). The first kappa shape index (κ1) is 20.3. The molecule has 2 amide bonds. The van der Waals surface area contributed by atoms with Gasteiger partial charge in [-0.3, -0.25) is 5.32 Å². The molecule has 0 fully saturated rings. The molecule has 11 heteroatoms. The second-order valence-electron chi connectivity index (χ2n) is 6.28. The zero-order valence-electron chi connectivity index (χ0n) is 16.2. The van der Waals surface area contributed by atoms with Crippen molar-refractivity contribution in [2.75, 3.05) is 12.4 Å². The number of methoxy groups -OCH3 is 1. The molecule has 1 aromatic carbocycles. The molecule has 0 unspecified atom stereocenters. The first-order valence-electron chi connectivity index (χ1n) is 8.46. The number of benzene rings is 1. The van der Waals surface area contributed by atoms with Gasteiger partial charge >= 0.3 is 12.0 Å². The van der Waals surface area contributed by atoms with E-state index in [4.69, 9.17) is 4.74 Å². The molecule has 2 heterocycles. The van der Waals surface area contributed by atoms with Crippen LogP contribution in [0.5, 0.6) is 0 Å².